The zero-order chi connectivity index (χ0) is 28.4. The third kappa shape index (κ3) is 6.57. The first-order valence-corrected chi connectivity index (χ1v) is 12.2. The molecular weight excluding hydrogens is 527 g/mol. The Morgan fingerprint density at radius 1 is 1.18 bits per heavy atom. The minimum atomic E-state index is -4.62. The van der Waals surface area contributed by atoms with Gasteiger partial charge in [0, 0.05) is 31.9 Å². The van der Waals surface area contributed by atoms with E-state index in [0.717, 1.165) is 22.7 Å². The highest BCUT2D eigenvalue weighted by Gasteiger charge is 2.43. The molecule has 2 aromatic carbocycles. The van der Waals surface area contributed by atoms with Crippen molar-refractivity contribution in [3.63, 3.8) is 0 Å². The molecule has 1 aliphatic heterocycles. The zero-order valence-electron chi connectivity index (χ0n) is 21.0. The van der Waals surface area contributed by atoms with Crippen molar-refractivity contribution < 1.29 is 37.8 Å². The average molecular weight is 556 g/mol. The van der Waals surface area contributed by atoms with Crippen LogP contribution < -0.4 is 10.2 Å². The number of nitrogens with one attached hydrogen (secondary N) is 1. The number of benzene rings is 2. The molecule has 3 rings (SSSR count). The summed E-state index contributed by atoms with van der Waals surface area (Å²) in [5.74, 6) is -2.94. The van der Waals surface area contributed by atoms with Crippen molar-refractivity contribution in [2.45, 2.75) is 49.5 Å². The molecule has 0 radical (unpaired) electrons. The van der Waals surface area contributed by atoms with Gasteiger partial charge in [0.15, 0.2) is 6.10 Å². The molecule has 38 heavy (non-hydrogen) atoms. The molecule has 2 amide bonds. The van der Waals surface area contributed by atoms with Crippen LogP contribution in [0, 0.1) is 6.92 Å². The molecule has 0 saturated carbocycles. The molecule has 12 heteroatoms. The summed E-state index contributed by atoms with van der Waals surface area (Å²) in [6.45, 7) is 1.58. The number of halogens is 4. The summed E-state index contributed by atoms with van der Waals surface area (Å²) < 4.78 is 39.8. The van der Waals surface area contributed by atoms with Crippen molar-refractivity contribution in [2.24, 2.45) is 0 Å². The Hall–Kier alpha value is -3.31. The number of carbonyl (C=O) groups is 3. The number of hydrogen-bond acceptors (Lipinski definition) is 5. The van der Waals surface area contributed by atoms with E-state index in [1.165, 1.54) is 12.1 Å². The predicted octanol–water partition coefficient (Wildman–Crippen LogP) is 3.07. The SMILES string of the molecule is Cc1c(C(=O)N[C@@H](Cc2cccc(C(F)(F)F)c2)[C@H](O)C(=O)N2C[C@@H](Cl)C[C@H]2C(=O)O)cccc1N(C)C. The van der Waals surface area contributed by atoms with Gasteiger partial charge in [-0.25, -0.2) is 4.79 Å². The molecule has 206 valence electrons. The fourth-order valence-electron chi connectivity index (χ4n) is 4.57. The molecule has 1 aliphatic rings. The van der Waals surface area contributed by atoms with E-state index < -0.39 is 53.1 Å². The molecule has 0 aliphatic carbocycles. The number of aliphatic carboxylic acids is 1. The standard InChI is InChI=1S/C26H29ClF3N3O5/c1-14-18(8-5-9-20(14)32(2)3)23(35)31-19(11-15-6-4-7-16(10-15)26(28,29)30)22(34)24(36)33-13-17(27)12-21(33)25(37)38/h4-10,17,19,21-22,34H,11-13H2,1-3H3,(H,31,35)(H,37,38)/t17-,19-,21-,22-/m0/s1. The maximum atomic E-state index is 13.3. The van der Waals surface area contributed by atoms with Gasteiger partial charge in [-0.3, -0.25) is 9.59 Å². The molecule has 4 atom stereocenters. The summed E-state index contributed by atoms with van der Waals surface area (Å²) in [5, 5.41) is 22.5. The lowest BCUT2D eigenvalue weighted by atomic mass is 9.97. The summed E-state index contributed by atoms with van der Waals surface area (Å²) >= 11 is 6.07. The number of carboxylic acid groups (broad SMARTS) is 1. The highest BCUT2D eigenvalue weighted by molar-refractivity contribution is 6.21. The Kier molecular flexibility index (Phi) is 8.94. The second kappa shape index (κ2) is 11.6. The van der Waals surface area contributed by atoms with Gasteiger partial charge in [0.2, 0.25) is 0 Å². The van der Waals surface area contributed by atoms with E-state index in [1.807, 2.05) is 0 Å². The summed E-state index contributed by atoms with van der Waals surface area (Å²) in [5.41, 5.74) is 0.797. The smallest absolute Gasteiger partial charge is 0.416 e. The van der Waals surface area contributed by atoms with E-state index in [1.54, 1.807) is 44.1 Å². The Labute approximate surface area is 223 Å². The van der Waals surface area contributed by atoms with Crippen LogP contribution in [-0.4, -0.2) is 77.1 Å². The molecule has 0 unspecified atom stereocenters. The lowest BCUT2D eigenvalue weighted by molar-refractivity contribution is -0.152. The van der Waals surface area contributed by atoms with Gasteiger partial charge in [0.1, 0.15) is 6.04 Å². The monoisotopic (exact) mass is 555 g/mol. The van der Waals surface area contributed by atoms with Gasteiger partial charge in [0.05, 0.1) is 17.0 Å². The fourth-order valence-corrected chi connectivity index (χ4v) is 4.89. The van der Waals surface area contributed by atoms with E-state index in [-0.39, 0.29) is 30.5 Å². The van der Waals surface area contributed by atoms with E-state index in [4.69, 9.17) is 11.6 Å². The highest BCUT2D eigenvalue weighted by atomic mass is 35.5. The number of likely N-dealkylation sites (tertiary alicyclic amines) is 1. The van der Waals surface area contributed by atoms with E-state index in [9.17, 15) is 37.8 Å². The molecule has 1 saturated heterocycles. The fraction of sp³-hybridized carbons (Fsp3) is 0.423. The number of nitrogens with zero attached hydrogens (tertiary/aromatic N) is 2. The number of anilines is 1. The van der Waals surface area contributed by atoms with Crippen LogP contribution >= 0.6 is 11.6 Å². The van der Waals surface area contributed by atoms with E-state index in [2.05, 4.69) is 5.32 Å². The third-order valence-electron chi connectivity index (χ3n) is 6.51. The van der Waals surface area contributed by atoms with Crippen molar-refractivity contribution in [1.29, 1.82) is 0 Å². The van der Waals surface area contributed by atoms with Crippen LogP contribution in [0.5, 0.6) is 0 Å². The first-order chi connectivity index (χ1) is 17.7. The van der Waals surface area contributed by atoms with Crippen LogP contribution in [-0.2, 0) is 22.2 Å². The summed E-state index contributed by atoms with van der Waals surface area (Å²) in [6, 6.07) is 6.69. The van der Waals surface area contributed by atoms with Crippen molar-refractivity contribution >= 4 is 35.1 Å². The quantitative estimate of drug-likeness (QED) is 0.432. The first-order valence-electron chi connectivity index (χ1n) is 11.8. The number of hydrogen-bond donors (Lipinski definition) is 3. The van der Waals surface area contributed by atoms with Crippen molar-refractivity contribution in [1.82, 2.24) is 10.2 Å². The van der Waals surface area contributed by atoms with Gasteiger partial charge >= 0.3 is 12.1 Å². The molecule has 2 aromatic rings. The second-order valence-corrected chi connectivity index (χ2v) is 10.1. The lowest BCUT2D eigenvalue weighted by Crippen LogP contribution is -2.54. The third-order valence-corrected chi connectivity index (χ3v) is 6.83. The molecule has 1 heterocycles. The molecule has 8 nitrogen and oxygen atoms in total. The van der Waals surface area contributed by atoms with Crippen LogP contribution in [0.4, 0.5) is 18.9 Å². The molecule has 0 spiro atoms. The topological polar surface area (TPSA) is 110 Å². The van der Waals surface area contributed by atoms with Gasteiger partial charge in [-0.05, 0) is 49.1 Å². The number of alkyl halides is 4. The van der Waals surface area contributed by atoms with Crippen molar-refractivity contribution in [3.05, 3.63) is 64.7 Å². The van der Waals surface area contributed by atoms with Crippen LogP contribution in [0.1, 0.15) is 33.5 Å². The average Bonchev–Trinajstić information content (AvgIpc) is 3.24. The van der Waals surface area contributed by atoms with Gasteiger partial charge in [-0.2, -0.15) is 13.2 Å². The Bertz CT molecular complexity index is 1210. The second-order valence-electron chi connectivity index (χ2n) is 9.45. The largest absolute Gasteiger partial charge is 0.480 e. The Morgan fingerprint density at radius 3 is 2.45 bits per heavy atom. The van der Waals surface area contributed by atoms with Crippen LogP contribution in [0.2, 0.25) is 0 Å². The van der Waals surface area contributed by atoms with E-state index in [0.29, 0.717) is 5.56 Å². The first kappa shape index (κ1) is 29.2. The van der Waals surface area contributed by atoms with Crippen LogP contribution in [0.3, 0.4) is 0 Å². The van der Waals surface area contributed by atoms with Gasteiger partial charge in [-0.15, -0.1) is 11.6 Å². The highest BCUT2D eigenvalue weighted by Crippen LogP contribution is 2.30. The maximum absolute atomic E-state index is 13.3. The van der Waals surface area contributed by atoms with Crippen molar-refractivity contribution in [2.75, 3.05) is 25.5 Å². The number of carbonyl (C=O) groups excluding carboxylic acids is 2. The number of aliphatic hydroxyl groups is 1. The zero-order valence-corrected chi connectivity index (χ0v) is 21.8. The lowest BCUT2D eigenvalue weighted by Gasteiger charge is -2.29. The minimum Gasteiger partial charge on any atom is -0.480 e. The molecular formula is C26H29ClF3N3O5. The molecule has 0 bridgehead atoms. The number of aliphatic hydroxyl groups excluding tert-OH is 1. The van der Waals surface area contributed by atoms with Gasteiger partial charge in [0.25, 0.3) is 11.8 Å². The normalized spacial score (nSPS) is 19.1. The van der Waals surface area contributed by atoms with Gasteiger partial charge in [-0.1, -0.05) is 24.3 Å². The number of amides is 2. The number of carboxylic acids is 1. The van der Waals surface area contributed by atoms with Crippen molar-refractivity contribution in [3.8, 4) is 0 Å². The van der Waals surface area contributed by atoms with Crippen LogP contribution in [0.15, 0.2) is 42.5 Å². The van der Waals surface area contributed by atoms with Crippen LogP contribution in [0.25, 0.3) is 0 Å². The maximum Gasteiger partial charge on any atom is 0.416 e. The predicted molar refractivity (Wildman–Crippen MR) is 135 cm³/mol. The Morgan fingerprint density at radius 2 is 1.84 bits per heavy atom. The minimum absolute atomic E-state index is 0.0312. The summed E-state index contributed by atoms with van der Waals surface area (Å²) in [7, 11) is 3.59. The number of rotatable bonds is 8. The molecule has 0 aromatic heterocycles. The van der Waals surface area contributed by atoms with E-state index >= 15 is 0 Å². The Balaban J connectivity index is 1.95. The summed E-state index contributed by atoms with van der Waals surface area (Å²) in [6.07, 6.45) is -6.93. The van der Waals surface area contributed by atoms with Gasteiger partial charge < -0.3 is 25.3 Å². The summed E-state index contributed by atoms with van der Waals surface area (Å²) in [4.78, 5) is 40.9. The molecule has 1 fully saturated rings. The molecule has 3 N–H and O–H groups in total.